The first-order valence-corrected chi connectivity index (χ1v) is 13.4. The SMILES string of the molecule is CCOc1cc(/C=N\NC(=O)C(=O)NCCc2ccc(OC)c(OC)c2)cc(Br)c1OCC(=O)N1CCOCC1. The number of benzene rings is 2. The molecule has 0 bridgehead atoms. The van der Waals surface area contributed by atoms with Crippen LogP contribution in [0.25, 0.3) is 0 Å². The number of nitrogens with zero attached hydrogens (tertiary/aromatic N) is 2. The number of amides is 3. The second-order valence-corrected chi connectivity index (χ2v) is 9.29. The fraction of sp³-hybridized carbons (Fsp3) is 0.407. The van der Waals surface area contributed by atoms with Crippen molar-refractivity contribution in [2.24, 2.45) is 5.10 Å². The minimum atomic E-state index is -0.908. The Hall–Kier alpha value is -3.84. The number of nitrogens with one attached hydrogen (secondary N) is 2. The molecule has 0 atom stereocenters. The van der Waals surface area contributed by atoms with Crippen molar-refractivity contribution in [1.29, 1.82) is 0 Å². The van der Waals surface area contributed by atoms with Crippen LogP contribution < -0.4 is 29.7 Å². The van der Waals surface area contributed by atoms with E-state index in [-0.39, 0.29) is 19.1 Å². The summed E-state index contributed by atoms with van der Waals surface area (Å²) in [7, 11) is 3.10. The van der Waals surface area contributed by atoms with Gasteiger partial charge in [0.05, 0.1) is 44.7 Å². The highest BCUT2D eigenvalue weighted by molar-refractivity contribution is 9.10. The van der Waals surface area contributed by atoms with Crippen molar-refractivity contribution >= 4 is 39.9 Å². The van der Waals surface area contributed by atoms with Gasteiger partial charge in [0.25, 0.3) is 5.91 Å². The molecule has 0 unspecified atom stereocenters. The molecular weight excluding hydrogens is 588 g/mol. The summed E-state index contributed by atoms with van der Waals surface area (Å²) in [5.74, 6) is 0.0863. The Balaban J connectivity index is 1.52. The number of hydrazone groups is 1. The highest BCUT2D eigenvalue weighted by Crippen LogP contribution is 2.36. The Kier molecular flexibility index (Phi) is 12.0. The molecule has 216 valence electrons. The fourth-order valence-electron chi connectivity index (χ4n) is 3.76. The van der Waals surface area contributed by atoms with Crippen molar-refractivity contribution in [3.8, 4) is 23.0 Å². The predicted molar refractivity (Wildman–Crippen MR) is 150 cm³/mol. The molecule has 1 aliphatic rings. The van der Waals surface area contributed by atoms with Crippen molar-refractivity contribution in [2.45, 2.75) is 13.3 Å². The number of morpholine rings is 1. The van der Waals surface area contributed by atoms with Crippen LogP contribution in [0.15, 0.2) is 39.9 Å². The second kappa shape index (κ2) is 15.7. The Labute approximate surface area is 241 Å². The molecule has 3 amide bonds. The number of hydrogen-bond donors (Lipinski definition) is 2. The van der Waals surface area contributed by atoms with Gasteiger partial charge in [0.15, 0.2) is 29.6 Å². The summed E-state index contributed by atoms with van der Waals surface area (Å²) in [4.78, 5) is 38.5. The van der Waals surface area contributed by atoms with E-state index in [1.165, 1.54) is 6.21 Å². The van der Waals surface area contributed by atoms with Crippen LogP contribution in [0.3, 0.4) is 0 Å². The summed E-state index contributed by atoms with van der Waals surface area (Å²) in [5, 5.41) is 6.43. The van der Waals surface area contributed by atoms with Gasteiger partial charge in [-0.15, -0.1) is 0 Å². The third-order valence-corrected chi connectivity index (χ3v) is 6.36. The van der Waals surface area contributed by atoms with Crippen LogP contribution in [0, 0.1) is 0 Å². The molecule has 0 radical (unpaired) electrons. The van der Waals surface area contributed by atoms with E-state index >= 15 is 0 Å². The lowest BCUT2D eigenvalue weighted by atomic mass is 10.1. The largest absolute Gasteiger partial charge is 0.493 e. The average Bonchev–Trinajstić information content (AvgIpc) is 2.97. The van der Waals surface area contributed by atoms with Gasteiger partial charge in [-0.3, -0.25) is 14.4 Å². The van der Waals surface area contributed by atoms with Crippen LogP contribution in [0.4, 0.5) is 0 Å². The van der Waals surface area contributed by atoms with Gasteiger partial charge in [0, 0.05) is 19.6 Å². The van der Waals surface area contributed by atoms with E-state index in [0.717, 1.165) is 5.56 Å². The molecule has 1 saturated heterocycles. The van der Waals surface area contributed by atoms with Gasteiger partial charge in [0.1, 0.15) is 0 Å². The van der Waals surface area contributed by atoms with E-state index in [1.54, 1.807) is 37.3 Å². The third-order valence-electron chi connectivity index (χ3n) is 5.77. The van der Waals surface area contributed by atoms with Crippen LogP contribution in [-0.4, -0.2) is 89.1 Å². The minimum absolute atomic E-state index is 0.145. The minimum Gasteiger partial charge on any atom is -0.493 e. The van der Waals surface area contributed by atoms with Gasteiger partial charge in [-0.05, 0) is 64.7 Å². The quantitative estimate of drug-likeness (QED) is 0.209. The average molecular weight is 621 g/mol. The molecule has 1 fully saturated rings. The van der Waals surface area contributed by atoms with E-state index in [0.29, 0.717) is 72.4 Å². The zero-order chi connectivity index (χ0) is 28.9. The molecule has 12 nitrogen and oxygen atoms in total. The van der Waals surface area contributed by atoms with Crippen LogP contribution in [0.2, 0.25) is 0 Å². The highest BCUT2D eigenvalue weighted by atomic mass is 79.9. The zero-order valence-electron chi connectivity index (χ0n) is 22.7. The molecule has 2 aromatic rings. The lowest BCUT2D eigenvalue weighted by Gasteiger charge is -2.27. The molecule has 40 heavy (non-hydrogen) atoms. The van der Waals surface area contributed by atoms with Gasteiger partial charge in [0.2, 0.25) is 0 Å². The van der Waals surface area contributed by atoms with Crippen molar-refractivity contribution in [3.63, 3.8) is 0 Å². The van der Waals surface area contributed by atoms with Gasteiger partial charge in [-0.1, -0.05) is 6.07 Å². The number of carbonyl (C=O) groups is 3. The lowest BCUT2D eigenvalue weighted by Crippen LogP contribution is -2.43. The van der Waals surface area contributed by atoms with Crippen molar-refractivity contribution in [1.82, 2.24) is 15.6 Å². The normalized spacial score (nSPS) is 13.1. The van der Waals surface area contributed by atoms with E-state index in [1.807, 2.05) is 19.1 Å². The van der Waals surface area contributed by atoms with Gasteiger partial charge in [-0.2, -0.15) is 5.10 Å². The van der Waals surface area contributed by atoms with E-state index in [2.05, 4.69) is 31.8 Å². The Morgan fingerprint density at radius 3 is 2.48 bits per heavy atom. The number of carbonyl (C=O) groups excluding carboxylic acids is 3. The first kappa shape index (κ1) is 30.7. The molecule has 0 aromatic heterocycles. The maximum atomic E-state index is 12.5. The van der Waals surface area contributed by atoms with Crippen LogP contribution in [-0.2, 0) is 25.5 Å². The maximum absolute atomic E-state index is 12.5. The van der Waals surface area contributed by atoms with Crippen LogP contribution in [0.1, 0.15) is 18.1 Å². The lowest BCUT2D eigenvalue weighted by molar-refractivity contribution is -0.139. The van der Waals surface area contributed by atoms with Crippen molar-refractivity contribution in [3.05, 3.63) is 45.9 Å². The third kappa shape index (κ3) is 8.85. The summed E-state index contributed by atoms with van der Waals surface area (Å²) in [6.45, 7) is 4.34. The van der Waals surface area contributed by atoms with Crippen molar-refractivity contribution < 1.29 is 38.1 Å². The monoisotopic (exact) mass is 620 g/mol. The Bertz CT molecular complexity index is 1220. The summed E-state index contributed by atoms with van der Waals surface area (Å²) in [6, 6.07) is 8.78. The number of methoxy groups -OCH3 is 2. The van der Waals surface area contributed by atoms with E-state index < -0.39 is 11.8 Å². The molecule has 2 aromatic carbocycles. The maximum Gasteiger partial charge on any atom is 0.329 e. The zero-order valence-corrected chi connectivity index (χ0v) is 24.2. The van der Waals surface area contributed by atoms with E-state index in [4.69, 9.17) is 23.7 Å². The molecule has 3 rings (SSSR count). The molecule has 13 heteroatoms. The molecule has 0 spiro atoms. The first-order valence-electron chi connectivity index (χ1n) is 12.6. The predicted octanol–water partition coefficient (Wildman–Crippen LogP) is 1.91. The Morgan fingerprint density at radius 2 is 1.77 bits per heavy atom. The first-order chi connectivity index (χ1) is 19.4. The molecule has 2 N–H and O–H groups in total. The van der Waals surface area contributed by atoms with Crippen LogP contribution in [0.5, 0.6) is 23.0 Å². The number of halogens is 1. The molecule has 0 aliphatic carbocycles. The number of hydrogen-bond acceptors (Lipinski definition) is 9. The summed E-state index contributed by atoms with van der Waals surface area (Å²) in [5.41, 5.74) is 3.68. The van der Waals surface area contributed by atoms with Gasteiger partial charge < -0.3 is 33.9 Å². The fourth-order valence-corrected chi connectivity index (χ4v) is 4.33. The Morgan fingerprint density at radius 1 is 1.02 bits per heavy atom. The topological polar surface area (TPSA) is 137 Å². The molecule has 0 saturated carbocycles. The van der Waals surface area contributed by atoms with Crippen LogP contribution >= 0.6 is 15.9 Å². The summed E-state index contributed by atoms with van der Waals surface area (Å²) >= 11 is 3.45. The smallest absolute Gasteiger partial charge is 0.329 e. The molecular formula is C27H33BrN4O8. The van der Waals surface area contributed by atoms with Crippen molar-refractivity contribution in [2.75, 3.05) is 60.3 Å². The summed E-state index contributed by atoms with van der Waals surface area (Å²) < 4.78 is 27.8. The highest BCUT2D eigenvalue weighted by Gasteiger charge is 2.20. The summed E-state index contributed by atoms with van der Waals surface area (Å²) in [6.07, 6.45) is 1.86. The standard InChI is InChI=1S/C27H33BrN4O8/c1-4-39-23-15-19(13-20(28)25(23)40-17-24(33)32-9-11-38-12-10-32)16-30-31-27(35)26(34)29-8-7-18-5-6-21(36-2)22(14-18)37-3/h5-6,13-16H,4,7-12,17H2,1-3H3,(H,29,34)(H,31,35)/b30-16-. The second-order valence-electron chi connectivity index (χ2n) is 8.44. The molecule has 1 heterocycles. The number of rotatable bonds is 12. The van der Waals surface area contributed by atoms with Gasteiger partial charge in [-0.25, -0.2) is 5.43 Å². The van der Waals surface area contributed by atoms with Gasteiger partial charge >= 0.3 is 11.8 Å². The number of ether oxygens (including phenoxy) is 5. The molecule has 1 aliphatic heterocycles. The van der Waals surface area contributed by atoms with E-state index in [9.17, 15) is 14.4 Å².